The quantitative estimate of drug-likeness (QED) is 0.380. The van der Waals surface area contributed by atoms with Gasteiger partial charge in [0.25, 0.3) is 0 Å². The summed E-state index contributed by atoms with van der Waals surface area (Å²) < 4.78 is 0. The molecule has 0 spiro atoms. The summed E-state index contributed by atoms with van der Waals surface area (Å²) in [6, 6.07) is 14.3. The van der Waals surface area contributed by atoms with Gasteiger partial charge >= 0.3 is 0 Å². The highest BCUT2D eigenvalue weighted by atomic mass is 28.3. The zero-order chi connectivity index (χ0) is 18.8. The lowest BCUT2D eigenvalue weighted by Crippen LogP contribution is -2.31. The second kappa shape index (κ2) is 5.51. The summed E-state index contributed by atoms with van der Waals surface area (Å²) in [6.45, 7) is 21.3. The predicted molar refractivity (Wildman–Crippen MR) is 114 cm³/mol. The van der Waals surface area contributed by atoms with Crippen LogP contribution < -0.4 is 0 Å². The Balaban J connectivity index is 2.26. The number of fused-ring (bicyclic) bond motifs is 3. The highest BCUT2D eigenvalue weighted by Gasteiger charge is 2.45. The molecule has 1 aliphatic carbocycles. The van der Waals surface area contributed by atoms with E-state index in [1.165, 1.54) is 33.4 Å². The van der Waals surface area contributed by atoms with Crippen LogP contribution in [0.4, 0.5) is 0 Å². The monoisotopic (exact) mass is 349 g/mol. The van der Waals surface area contributed by atoms with Crippen molar-refractivity contribution in [3.8, 4) is 11.1 Å². The molecule has 0 nitrogen and oxygen atoms in total. The highest BCUT2D eigenvalue weighted by Crippen LogP contribution is 2.50. The molecule has 1 aliphatic rings. The zero-order valence-corrected chi connectivity index (χ0v) is 18.5. The van der Waals surface area contributed by atoms with Gasteiger partial charge in [-0.3, -0.25) is 0 Å². The molecule has 0 aliphatic heterocycles. The molecular weight excluding hydrogens is 316 g/mol. The molecule has 2 aromatic carbocycles. The lowest BCUT2D eigenvalue weighted by atomic mass is 9.85. The van der Waals surface area contributed by atoms with E-state index in [9.17, 15) is 0 Å². The first-order valence-corrected chi connectivity index (χ1v) is 13.0. The molecule has 132 valence electrons. The summed E-state index contributed by atoms with van der Waals surface area (Å²) in [5.74, 6) is 0. The maximum atomic E-state index is 2.48. The van der Waals surface area contributed by atoms with E-state index in [1.807, 2.05) is 0 Å². The molecular formula is C24H33Si+. The summed E-state index contributed by atoms with van der Waals surface area (Å²) in [7, 11) is -1.47. The fraction of sp³-hybridized carbons (Fsp3) is 0.458. The second-order valence-electron chi connectivity index (χ2n) is 10.6. The molecule has 25 heavy (non-hydrogen) atoms. The van der Waals surface area contributed by atoms with Gasteiger partial charge in [-0.2, -0.15) is 0 Å². The smallest absolute Gasteiger partial charge is 0.0585 e. The van der Waals surface area contributed by atoms with E-state index in [2.05, 4.69) is 97.6 Å². The minimum absolute atomic E-state index is 0.185. The van der Waals surface area contributed by atoms with Crippen LogP contribution in [0.1, 0.15) is 63.8 Å². The van der Waals surface area contributed by atoms with E-state index >= 15 is 0 Å². The van der Waals surface area contributed by atoms with Crippen LogP contribution in [0.3, 0.4) is 0 Å². The number of hydrogen-bond acceptors (Lipinski definition) is 0. The second-order valence-corrected chi connectivity index (χ2v) is 15.6. The van der Waals surface area contributed by atoms with Crippen LogP contribution in [-0.2, 0) is 10.8 Å². The van der Waals surface area contributed by atoms with Gasteiger partial charge in [-0.05, 0) is 46.2 Å². The van der Waals surface area contributed by atoms with Crippen LogP contribution in [-0.4, -0.2) is 8.07 Å². The van der Waals surface area contributed by atoms with Crippen LogP contribution in [0.25, 0.3) is 11.1 Å². The molecule has 0 saturated heterocycles. The Morgan fingerprint density at radius 3 is 1.28 bits per heavy atom. The maximum Gasteiger partial charge on any atom is 0.122 e. The SMILES string of the molecule is CC(C)(C)c1ccc2c(c1)[C+]([Si](C)(C)C)c1cc(C(C)(C)C)ccc1-2. The highest BCUT2D eigenvalue weighted by molar-refractivity contribution is 6.83. The van der Waals surface area contributed by atoms with Crippen molar-refractivity contribution in [2.75, 3.05) is 0 Å². The minimum atomic E-state index is -1.47. The van der Waals surface area contributed by atoms with Crippen LogP contribution >= 0.6 is 0 Å². The van der Waals surface area contributed by atoms with Crippen molar-refractivity contribution in [3.05, 3.63) is 64.2 Å². The molecule has 0 aromatic heterocycles. The molecule has 0 N–H and O–H groups in total. The van der Waals surface area contributed by atoms with Crippen LogP contribution in [0.5, 0.6) is 0 Å². The Kier molecular flexibility index (Phi) is 4.04. The van der Waals surface area contributed by atoms with Gasteiger partial charge in [0.05, 0.1) is 22.3 Å². The van der Waals surface area contributed by atoms with E-state index < -0.39 is 8.07 Å². The average Bonchev–Trinajstić information content (AvgIpc) is 2.77. The first kappa shape index (κ1) is 18.3. The van der Waals surface area contributed by atoms with Gasteiger partial charge < -0.3 is 0 Å². The van der Waals surface area contributed by atoms with Crippen molar-refractivity contribution in [3.63, 3.8) is 0 Å². The van der Waals surface area contributed by atoms with Crippen molar-refractivity contribution in [2.45, 2.75) is 72.0 Å². The Bertz CT molecular complexity index is 744. The fourth-order valence-corrected chi connectivity index (χ4v) is 5.89. The lowest BCUT2D eigenvalue weighted by molar-refractivity contribution is 0.590. The van der Waals surface area contributed by atoms with Gasteiger partial charge in [-0.1, -0.05) is 61.2 Å². The molecule has 0 unspecified atom stereocenters. The Hall–Kier alpha value is -1.47. The summed E-state index contributed by atoms with van der Waals surface area (Å²) in [5, 5.41) is 0. The third kappa shape index (κ3) is 3.19. The molecule has 0 radical (unpaired) electrons. The van der Waals surface area contributed by atoms with Crippen molar-refractivity contribution in [2.24, 2.45) is 0 Å². The first-order chi connectivity index (χ1) is 11.3. The molecule has 0 atom stereocenters. The van der Waals surface area contributed by atoms with Crippen molar-refractivity contribution >= 4 is 8.07 Å². The summed E-state index contributed by atoms with van der Waals surface area (Å²) in [5.41, 5.74) is 10.7. The summed E-state index contributed by atoms with van der Waals surface area (Å²) in [6.07, 6.45) is 0. The fourth-order valence-electron chi connectivity index (χ4n) is 3.86. The standard InChI is InChI=1S/C24H33Si/c1-23(2,3)16-10-12-18-19-13-11-17(24(4,5)6)15-21(19)22(20(18)14-16)25(7,8)9/h10-15H,1-9H3/q+1. The maximum absolute atomic E-state index is 2.48. The van der Waals surface area contributed by atoms with Crippen LogP contribution in [0.2, 0.25) is 19.6 Å². The molecule has 0 heterocycles. The molecule has 0 amide bonds. The van der Waals surface area contributed by atoms with E-state index in [0.717, 1.165) is 0 Å². The van der Waals surface area contributed by atoms with Crippen molar-refractivity contribution < 1.29 is 0 Å². The van der Waals surface area contributed by atoms with Crippen LogP contribution in [0.15, 0.2) is 36.4 Å². The van der Waals surface area contributed by atoms with Gasteiger partial charge in [-0.25, -0.2) is 0 Å². The van der Waals surface area contributed by atoms with E-state index in [0.29, 0.717) is 0 Å². The summed E-state index contributed by atoms with van der Waals surface area (Å²) in [4.78, 5) is 0. The molecule has 0 saturated carbocycles. The largest absolute Gasteiger partial charge is 0.122 e. The number of hydrogen-bond donors (Lipinski definition) is 0. The van der Waals surface area contributed by atoms with E-state index in [-0.39, 0.29) is 10.8 Å². The number of rotatable bonds is 1. The number of benzene rings is 2. The molecule has 3 rings (SSSR count). The van der Waals surface area contributed by atoms with Gasteiger partial charge in [0.15, 0.2) is 0 Å². The molecule has 2 aromatic rings. The third-order valence-corrected chi connectivity index (χ3v) is 7.39. The van der Waals surface area contributed by atoms with Crippen LogP contribution in [0, 0.1) is 5.54 Å². The van der Waals surface area contributed by atoms with Gasteiger partial charge in [0.1, 0.15) is 8.07 Å². The zero-order valence-electron chi connectivity index (χ0n) is 17.5. The predicted octanol–water partition coefficient (Wildman–Crippen LogP) is 7.11. The van der Waals surface area contributed by atoms with E-state index in [4.69, 9.17) is 0 Å². The topological polar surface area (TPSA) is 0 Å². The normalized spacial score (nSPS) is 14.5. The average molecular weight is 350 g/mol. The van der Waals surface area contributed by atoms with Crippen molar-refractivity contribution in [1.29, 1.82) is 0 Å². The van der Waals surface area contributed by atoms with Gasteiger partial charge in [0.2, 0.25) is 0 Å². The van der Waals surface area contributed by atoms with E-state index in [1.54, 1.807) is 5.54 Å². The van der Waals surface area contributed by atoms with Crippen molar-refractivity contribution in [1.82, 2.24) is 0 Å². The molecule has 1 heteroatoms. The van der Waals surface area contributed by atoms with Gasteiger partial charge in [-0.15, -0.1) is 0 Å². The minimum Gasteiger partial charge on any atom is -0.0585 e. The lowest BCUT2D eigenvalue weighted by Gasteiger charge is -2.25. The Morgan fingerprint density at radius 1 is 0.640 bits per heavy atom. The Labute approximate surface area is 155 Å². The molecule has 0 bridgehead atoms. The van der Waals surface area contributed by atoms with Gasteiger partial charge in [0, 0.05) is 17.7 Å². The third-order valence-electron chi connectivity index (χ3n) is 5.35. The Morgan fingerprint density at radius 2 is 1.00 bits per heavy atom. The molecule has 0 fully saturated rings. The summed E-state index contributed by atoms with van der Waals surface area (Å²) >= 11 is 0. The first-order valence-electron chi connectivity index (χ1n) is 9.48.